The highest BCUT2D eigenvalue weighted by molar-refractivity contribution is 7.10. The molecule has 2 aromatic rings. The number of benzene rings is 1. The fraction of sp³-hybridized carbons (Fsp3) is 0.0714. The van der Waals surface area contributed by atoms with Crippen molar-refractivity contribution in [3.63, 3.8) is 0 Å². The van der Waals surface area contributed by atoms with Crippen LogP contribution in [0.4, 0.5) is 0 Å². The number of ether oxygens (including phenoxy) is 1. The molecule has 0 radical (unpaired) electrons. The van der Waals surface area contributed by atoms with Gasteiger partial charge in [-0.3, -0.25) is 4.79 Å². The molecule has 0 atom stereocenters. The largest absolute Gasteiger partial charge is 0.507 e. The maximum Gasteiger partial charge on any atom is 0.193 e. The third kappa shape index (κ3) is 2.60. The Morgan fingerprint density at radius 2 is 2.17 bits per heavy atom. The Hall–Kier alpha value is -2.07. The van der Waals surface area contributed by atoms with Crippen LogP contribution >= 0.6 is 11.3 Å². The van der Waals surface area contributed by atoms with Gasteiger partial charge in [0.05, 0.1) is 7.11 Å². The molecule has 0 unspecified atom stereocenters. The third-order valence-electron chi connectivity index (χ3n) is 2.41. The standard InChI is InChI=1S/C14H12O3S/c1-17-13-6-2-5-11(15)14(13)12(16)8-7-10-4-3-9-18-10/h2-9,15H,1H3/b8-7+. The van der Waals surface area contributed by atoms with E-state index in [-0.39, 0.29) is 17.1 Å². The van der Waals surface area contributed by atoms with Gasteiger partial charge in [0.1, 0.15) is 17.1 Å². The Labute approximate surface area is 109 Å². The molecule has 1 aromatic carbocycles. The number of rotatable bonds is 4. The molecule has 0 bridgehead atoms. The van der Waals surface area contributed by atoms with Crippen LogP contribution in [0.25, 0.3) is 6.08 Å². The molecule has 92 valence electrons. The monoisotopic (exact) mass is 260 g/mol. The first-order valence-corrected chi connectivity index (χ1v) is 6.22. The average Bonchev–Trinajstić information content (AvgIpc) is 2.88. The van der Waals surface area contributed by atoms with Gasteiger partial charge in [0.2, 0.25) is 0 Å². The number of allylic oxidation sites excluding steroid dienone is 1. The summed E-state index contributed by atoms with van der Waals surface area (Å²) in [6, 6.07) is 8.57. The van der Waals surface area contributed by atoms with Crippen LogP contribution < -0.4 is 4.74 Å². The van der Waals surface area contributed by atoms with E-state index in [1.165, 1.54) is 19.3 Å². The summed E-state index contributed by atoms with van der Waals surface area (Å²) >= 11 is 1.54. The zero-order chi connectivity index (χ0) is 13.0. The fourth-order valence-corrected chi connectivity index (χ4v) is 2.18. The lowest BCUT2D eigenvalue weighted by atomic mass is 10.1. The number of carbonyl (C=O) groups excluding carboxylic acids is 1. The Morgan fingerprint density at radius 3 is 2.83 bits per heavy atom. The van der Waals surface area contributed by atoms with E-state index in [4.69, 9.17) is 4.74 Å². The van der Waals surface area contributed by atoms with Gasteiger partial charge in [0.15, 0.2) is 5.78 Å². The molecule has 0 aliphatic rings. The molecule has 0 aliphatic heterocycles. The molecular formula is C14H12O3S. The van der Waals surface area contributed by atoms with Crippen molar-refractivity contribution in [2.24, 2.45) is 0 Å². The van der Waals surface area contributed by atoms with Crippen LogP contribution in [0.5, 0.6) is 11.5 Å². The normalized spacial score (nSPS) is 10.7. The summed E-state index contributed by atoms with van der Waals surface area (Å²) in [6.45, 7) is 0. The molecule has 3 nitrogen and oxygen atoms in total. The van der Waals surface area contributed by atoms with E-state index < -0.39 is 0 Å². The molecule has 0 aliphatic carbocycles. The summed E-state index contributed by atoms with van der Waals surface area (Å²) in [5.41, 5.74) is 0.188. The summed E-state index contributed by atoms with van der Waals surface area (Å²) in [6.07, 6.45) is 3.16. The summed E-state index contributed by atoms with van der Waals surface area (Å²) in [5.74, 6) is 0.0179. The van der Waals surface area contributed by atoms with Crippen molar-refractivity contribution < 1.29 is 14.6 Å². The summed E-state index contributed by atoms with van der Waals surface area (Å²) in [4.78, 5) is 13.0. The van der Waals surface area contributed by atoms with Crippen molar-refractivity contribution in [3.8, 4) is 11.5 Å². The van der Waals surface area contributed by atoms with Gasteiger partial charge in [-0.05, 0) is 35.7 Å². The van der Waals surface area contributed by atoms with Crippen LogP contribution in [0.2, 0.25) is 0 Å². The van der Waals surface area contributed by atoms with Gasteiger partial charge in [-0.2, -0.15) is 0 Å². The van der Waals surface area contributed by atoms with Gasteiger partial charge in [0.25, 0.3) is 0 Å². The van der Waals surface area contributed by atoms with Gasteiger partial charge in [-0.15, -0.1) is 11.3 Å². The van der Waals surface area contributed by atoms with Gasteiger partial charge in [-0.25, -0.2) is 0 Å². The van der Waals surface area contributed by atoms with E-state index in [9.17, 15) is 9.90 Å². The number of aromatic hydroxyl groups is 1. The topological polar surface area (TPSA) is 46.5 Å². The smallest absolute Gasteiger partial charge is 0.193 e. The second kappa shape index (κ2) is 5.51. The summed E-state index contributed by atoms with van der Waals surface area (Å²) in [5, 5.41) is 11.7. The van der Waals surface area contributed by atoms with Gasteiger partial charge < -0.3 is 9.84 Å². The highest BCUT2D eigenvalue weighted by Crippen LogP contribution is 2.28. The van der Waals surface area contributed by atoms with Gasteiger partial charge in [0, 0.05) is 4.88 Å². The number of phenolic OH excluding ortho intramolecular Hbond substituents is 1. The third-order valence-corrected chi connectivity index (χ3v) is 3.25. The Balaban J connectivity index is 2.29. The van der Waals surface area contributed by atoms with Crippen LogP contribution in [0, 0.1) is 0 Å². The van der Waals surface area contributed by atoms with Crippen molar-refractivity contribution >= 4 is 23.2 Å². The minimum absolute atomic E-state index is 0.0739. The predicted octanol–water partition coefficient (Wildman–Crippen LogP) is 3.36. The number of hydrogen-bond donors (Lipinski definition) is 1. The zero-order valence-corrected chi connectivity index (χ0v) is 10.6. The van der Waals surface area contributed by atoms with Crippen LogP contribution in [-0.4, -0.2) is 18.0 Å². The van der Waals surface area contributed by atoms with Crippen molar-refractivity contribution in [2.45, 2.75) is 0 Å². The lowest BCUT2D eigenvalue weighted by Crippen LogP contribution is -1.99. The molecule has 0 spiro atoms. The van der Waals surface area contributed by atoms with E-state index in [1.54, 1.807) is 29.5 Å². The molecule has 18 heavy (non-hydrogen) atoms. The SMILES string of the molecule is COc1cccc(O)c1C(=O)/C=C/c1cccs1. The minimum atomic E-state index is -0.279. The Morgan fingerprint density at radius 1 is 1.33 bits per heavy atom. The predicted molar refractivity (Wildman–Crippen MR) is 72.3 cm³/mol. The molecule has 4 heteroatoms. The molecule has 2 rings (SSSR count). The Kier molecular flexibility index (Phi) is 3.79. The summed E-state index contributed by atoms with van der Waals surface area (Å²) < 4.78 is 5.07. The maximum atomic E-state index is 12.0. The minimum Gasteiger partial charge on any atom is -0.507 e. The quantitative estimate of drug-likeness (QED) is 0.677. The van der Waals surface area contributed by atoms with E-state index >= 15 is 0 Å². The highest BCUT2D eigenvalue weighted by atomic mass is 32.1. The number of thiophene rings is 1. The molecule has 0 amide bonds. The summed E-state index contributed by atoms with van der Waals surface area (Å²) in [7, 11) is 1.47. The van der Waals surface area contributed by atoms with Crippen LogP contribution in [0.15, 0.2) is 41.8 Å². The molecule has 0 saturated carbocycles. The number of ketones is 1. The molecule has 1 N–H and O–H groups in total. The fourth-order valence-electron chi connectivity index (χ4n) is 1.56. The second-order valence-electron chi connectivity index (χ2n) is 3.57. The number of methoxy groups -OCH3 is 1. The zero-order valence-electron chi connectivity index (χ0n) is 9.79. The first-order chi connectivity index (χ1) is 8.72. The van der Waals surface area contributed by atoms with Crippen LogP contribution in [-0.2, 0) is 0 Å². The van der Waals surface area contributed by atoms with Crippen molar-refractivity contribution in [3.05, 3.63) is 52.2 Å². The number of carbonyl (C=O) groups is 1. The van der Waals surface area contributed by atoms with E-state index in [2.05, 4.69) is 0 Å². The van der Waals surface area contributed by atoms with E-state index in [1.807, 2.05) is 17.5 Å². The molecule has 0 fully saturated rings. The highest BCUT2D eigenvalue weighted by Gasteiger charge is 2.14. The second-order valence-corrected chi connectivity index (χ2v) is 4.55. The number of phenols is 1. The molecule has 1 heterocycles. The van der Waals surface area contributed by atoms with E-state index in [0.29, 0.717) is 5.75 Å². The average molecular weight is 260 g/mol. The lowest BCUT2D eigenvalue weighted by molar-refractivity contribution is 0.104. The molecule has 0 saturated heterocycles. The van der Waals surface area contributed by atoms with Crippen LogP contribution in [0.1, 0.15) is 15.2 Å². The molecular weight excluding hydrogens is 248 g/mol. The van der Waals surface area contributed by atoms with Crippen LogP contribution in [0.3, 0.4) is 0 Å². The first kappa shape index (κ1) is 12.4. The van der Waals surface area contributed by atoms with E-state index in [0.717, 1.165) is 4.88 Å². The number of hydrogen-bond acceptors (Lipinski definition) is 4. The van der Waals surface area contributed by atoms with Gasteiger partial charge in [-0.1, -0.05) is 12.1 Å². The van der Waals surface area contributed by atoms with Gasteiger partial charge >= 0.3 is 0 Å². The lowest BCUT2D eigenvalue weighted by Gasteiger charge is -2.06. The van der Waals surface area contributed by atoms with Crippen molar-refractivity contribution in [2.75, 3.05) is 7.11 Å². The first-order valence-electron chi connectivity index (χ1n) is 5.34. The Bertz CT molecular complexity index is 571. The van der Waals surface area contributed by atoms with Crippen molar-refractivity contribution in [1.29, 1.82) is 0 Å². The molecule has 1 aromatic heterocycles. The maximum absolute atomic E-state index is 12.0. The van der Waals surface area contributed by atoms with Crippen molar-refractivity contribution in [1.82, 2.24) is 0 Å².